The highest BCUT2D eigenvalue weighted by Crippen LogP contribution is 2.44. The van der Waals surface area contributed by atoms with E-state index in [0.29, 0.717) is 11.5 Å². The van der Waals surface area contributed by atoms with Crippen molar-refractivity contribution in [2.75, 3.05) is 5.73 Å². The number of phenols is 1. The van der Waals surface area contributed by atoms with Crippen molar-refractivity contribution in [1.82, 2.24) is 0 Å². The molecular formula is C15H22FNO. The van der Waals surface area contributed by atoms with Gasteiger partial charge in [0.25, 0.3) is 0 Å². The molecule has 0 heterocycles. The number of nitrogen functional groups attached to an aromatic ring is 1. The second-order valence-electron chi connectivity index (χ2n) is 6.01. The molecule has 0 aromatic heterocycles. The molecule has 100 valence electrons. The molecule has 18 heavy (non-hydrogen) atoms. The molecule has 2 rings (SSSR count). The van der Waals surface area contributed by atoms with Gasteiger partial charge in [-0.3, -0.25) is 0 Å². The van der Waals surface area contributed by atoms with Gasteiger partial charge < -0.3 is 10.8 Å². The summed E-state index contributed by atoms with van der Waals surface area (Å²) in [5.74, 6) is 0.309. The molecule has 0 bridgehead atoms. The molecular weight excluding hydrogens is 229 g/mol. The van der Waals surface area contributed by atoms with Crippen LogP contribution in [0.15, 0.2) is 12.1 Å². The van der Waals surface area contributed by atoms with Crippen molar-refractivity contribution in [3.63, 3.8) is 0 Å². The molecule has 1 aliphatic rings. The molecule has 1 aromatic carbocycles. The largest absolute Gasteiger partial charge is 0.508 e. The molecule has 0 amide bonds. The number of phenolic OH excluding ortho intramolecular Hbond substituents is 1. The molecule has 3 N–H and O–H groups in total. The summed E-state index contributed by atoms with van der Waals surface area (Å²) in [6, 6.07) is 2.76. The van der Waals surface area contributed by atoms with Crippen molar-refractivity contribution >= 4 is 5.69 Å². The summed E-state index contributed by atoms with van der Waals surface area (Å²) in [5, 5.41) is 10.1. The lowest BCUT2D eigenvalue weighted by Crippen LogP contribution is -2.23. The van der Waals surface area contributed by atoms with Crippen LogP contribution in [0.5, 0.6) is 5.75 Å². The van der Waals surface area contributed by atoms with Crippen LogP contribution in [0.2, 0.25) is 0 Å². The van der Waals surface area contributed by atoms with Gasteiger partial charge in [0, 0.05) is 11.6 Å². The summed E-state index contributed by atoms with van der Waals surface area (Å²) in [7, 11) is 0. The summed E-state index contributed by atoms with van der Waals surface area (Å²) in [5.41, 5.74) is 6.07. The Bertz CT molecular complexity index is 446. The van der Waals surface area contributed by atoms with Gasteiger partial charge in [0.2, 0.25) is 0 Å². The Balaban J connectivity index is 2.42. The van der Waals surface area contributed by atoms with E-state index in [9.17, 15) is 9.50 Å². The predicted molar refractivity (Wildman–Crippen MR) is 72.1 cm³/mol. The van der Waals surface area contributed by atoms with Crippen LogP contribution in [-0.4, -0.2) is 5.11 Å². The van der Waals surface area contributed by atoms with E-state index in [4.69, 9.17) is 5.73 Å². The van der Waals surface area contributed by atoms with Crippen molar-refractivity contribution < 1.29 is 9.50 Å². The molecule has 2 unspecified atom stereocenters. The Hall–Kier alpha value is -1.25. The SMILES string of the molecule is CC1CCCCC(C)(c2cc(F)c(N)cc2O)C1. The molecule has 0 saturated heterocycles. The Kier molecular flexibility index (Phi) is 3.51. The van der Waals surface area contributed by atoms with E-state index >= 15 is 0 Å². The molecule has 0 radical (unpaired) electrons. The van der Waals surface area contributed by atoms with Crippen LogP contribution in [-0.2, 0) is 5.41 Å². The zero-order valence-corrected chi connectivity index (χ0v) is 11.2. The van der Waals surface area contributed by atoms with Crippen molar-refractivity contribution in [3.8, 4) is 5.75 Å². The summed E-state index contributed by atoms with van der Waals surface area (Å²) in [6.07, 6.45) is 5.55. The van der Waals surface area contributed by atoms with Gasteiger partial charge in [-0.05, 0) is 30.2 Å². The third kappa shape index (κ3) is 2.45. The summed E-state index contributed by atoms with van der Waals surface area (Å²) in [4.78, 5) is 0. The van der Waals surface area contributed by atoms with Crippen molar-refractivity contribution in [3.05, 3.63) is 23.5 Å². The Morgan fingerprint density at radius 3 is 2.83 bits per heavy atom. The van der Waals surface area contributed by atoms with Crippen LogP contribution in [0.4, 0.5) is 10.1 Å². The average Bonchev–Trinajstić information content (AvgIpc) is 2.45. The van der Waals surface area contributed by atoms with Gasteiger partial charge in [0.05, 0.1) is 5.69 Å². The number of rotatable bonds is 1. The lowest BCUT2D eigenvalue weighted by molar-refractivity contribution is 0.339. The standard InChI is InChI=1S/C15H22FNO/c1-10-5-3-4-6-15(2,9-10)11-7-12(16)13(17)8-14(11)18/h7-8,10,18H,3-6,9,17H2,1-2H3. The Morgan fingerprint density at radius 1 is 1.39 bits per heavy atom. The highest BCUT2D eigenvalue weighted by Gasteiger charge is 2.33. The summed E-state index contributed by atoms with van der Waals surface area (Å²) in [6.45, 7) is 4.35. The normalized spacial score (nSPS) is 28.9. The molecule has 0 aliphatic heterocycles. The smallest absolute Gasteiger partial charge is 0.146 e. The van der Waals surface area contributed by atoms with Crippen molar-refractivity contribution in [1.29, 1.82) is 0 Å². The zero-order valence-electron chi connectivity index (χ0n) is 11.2. The highest BCUT2D eigenvalue weighted by atomic mass is 19.1. The maximum atomic E-state index is 13.6. The topological polar surface area (TPSA) is 46.2 Å². The van der Waals surface area contributed by atoms with Crippen LogP contribution in [0, 0.1) is 11.7 Å². The third-order valence-corrected chi connectivity index (χ3v) is 4.24. The quantitative estimate of drug-likeness (QED) is 0.586. The fraction of sp³-hybridized carbons (Fsp3) is 0.600. The second-order valence-corrected chi connectivity index (χ2v) is 6.01. The highest BCUT2D eigenvalue weighted by molar-refractivity contribution is 5.51. The molecule has 1 fully saturated rings. The van der Waals surface area contributed by atoms with E-state index in [1.54, 1.807) is 0 Å². The number of halogens is 1. The first-order valence-electron chi connectivity index (χ1n) is 6.71. The van der Waals surface area contributed by atoms with Gasteiger partial charge in [-0.2, -0.15) is 0 Å². The molecule has 1 saturated carbocycles. The number of hydrogen-bond acceptors (Lipinski definition) is 2. The van der Waals surface area contributed by atoms with E-state index in [2.05, 4.69) is 13.8 Å². The molecule has 1 aromatic rings. The van der Waals surface area contributed by atoms with E-state index in [1.807, 2.05) is 0 Å². The second kappa shape index (κ2) is 4.79. The van der Waals surface area contributed by atoms with Gasteiger partial charge in [0.1, 0.15) is 11.6 Å². The number of benzene rings is 1. The minimum Gasteiger partial charge on any atom is -0.508 e. The Morgan fingerprint density at radius 2 is 2.11 bits per heavy atom. The van der Waals surface area contributed by atoms with E-state index in [0.717, 1.165) is 19.3 Å². The summed E-state index contributed by atoms with van der Waals surface area (Å²) < 4.78 is 13.6. The van der Waals surface area contributed by atoms with Crippen LogP contribution in [0.3, 0.4) is 0 Å². The molecule has 2 nitrogen and oxygen atoms in total. The van der Waals surface area contributed by atoms with E-state index in [-0.39, 0.29) is 16.9 Å². The van der Waals surface area contributed by atoms with Crippen LogP contribution < -0.4 is 5.73 Å². The van der Waals surface area contributed by atoms with Gasteiger partial charge >= 0.3 is 0 Å². The average molecular weight is 251 g/mol. The lowest BCUT2D eigenvalue weighted by Gasteiger charge is -2.31. The third-order valence-electron chi connectivity index (χ3n) is 4.24. The summed E-state index contributed by atoms with van der Waals surface area (Å²) >= 11 is 0. The molecule has 0 spiro atoms. The van der Waals surface area contributed by atoms with Gasteiger partial charge in [-0.25, -0.2) is 4.39 Å². The minimum atomic E-state index is -0.430. The van der Waals surface area contributed by atoms with Crippen molar-refractivity contribution in [2.45, 2.75) is 51.4 Å². The van der Waals surface area contributed by atoms with Gasteiger partial charge in [-0.15, -0.1) is 0 Å². The maximum absolute atomic E-state index is 13.6. The fourth-order valence-electron chi connectivity index (χ4n) is 3.29. The lowest BCUT2D eigenvalue weighted by atomic mass is 9.73. The fourth-order valence-corrected chi connectivity index (χ4v) is 3.29. The zero-order chi connectivity index (χ0) is 13.3. The number of nitrogens with two attached hydrogens (primary N) is 1. The van der Waals surface area contributed by atoms with Crippen LogP contribution in [0.1, 0.15) is 51.5 Å². The number of aromatic hydroxyl groups is 1. The molecule has 3 heteroatoms. The number of hydrogen-bond donors (Lipinski definition) is 2. The van der Waals surface area contributed by atoms with E-state index < -0.39 is 5.82 Å². The number of anilines is 1. The van der Waals surface area contributed by atoms with E-state index in [1.165, 1.54) is 25.0 Å². The molecule has 1 aliphatic carbocycles. The monoisotopic (exact) mass is 251 g/mol. The van der Waals surface area contributed by atoms with Gasteiger partial charge in [0.15, 0.2) is 0 Å². The first-order chi connectivity index (χ1) is 8.42. The van der Waals surface area contributed by atoms with Crippen LogP contribution in [0.25, 0.3) is 0 Å². The molecule has 2 atom stereocenters. The van der Waals surface area contributed by atoms with Crippen LogP contribution >= 0.6 is 0 Å². The van der Waals surface area contributed by atoms with Gasteiger partial charge in [-0.1, -0.05) is 33.1 Å². The first-order valence-corrected chi connectivity index (χ1v) is 6.71. The maximum Gasteiger partial charge on any atom is 0.146 e. The predicted octanol–water partition coefficient (Wildman–Crippen LogP) is 3.97. The minimum absolute atomic E-state index is 0.0153. The Labute approximate surface area is 108 Å². The first kappa shape index (κ1) is 13.2. The van der Waals surface area contributed by atoms with Crippen molar-refractivity contribution in [2.24, 2.45) is 5.92 Å².